The largest absolute Gasteiger partial charge is 0.316 e. The van der Waals surface area contributed by atoms with Crippen LogP contribution >= 0.6 is 0 Å². The fourth-order valence-corrected chi connectivity index (χ4v) is 2.75. The number of nitrogens with one attached hydrogen (secondary N) is 1. The molecule has 0 spiro atoms. The smallest absolute Gasteiger partial charge is 0.270 e. The summed E-state index contributed by atoms with van der Waals surface area (Å²) in [4.78, 5) is 13.3. The second-order valence-electron chi connectivity index (χ2n) is 5.23. The molecule has 2 saturated heterocycles. The molecule has 6 heteroatoms. The van der Waals surface area contributed by atoms with Crippen LogP contribution in [0.5, 0.6) is 0 Å². The molecule has 2 heterocycles. The van der Waals surface area contributed by atoms with Crippen LogP contribution in [0.1, 0.15) is 33.1 Å². The van der Waals surface area contributed by atoms with Gasteiger partial charge in [-0.2, -0.15) is 5.26 Å². The first kappa shape index (κ1) is 13.2. The van der Waals surface area contributed by atoms with Crippen molar-refractivity contribution in [1.82, 2.24) is 10.2 Å². The summed E-state index contributed by atoms with van der Waals surface area (Å²) in [5, 5.41) is 12.0. The van der Waals surface area contributed by atoms with Gasteiger partial charge in [0.15, 0.2) is 0 Å². The number of nitrogens with zero attached hydrogens (tertiary/aromatic N) is 2. The van der Waals surface area contributed by atoms with Crippen molar-refractivity contribution in [3.05, 3.63) is 0 Å². The van der Waals surface area contributed by atoms with Crippen molar-refractivity contribution in [3.8, 4) is 6.07 Å². The molecule has 0 radical (unpaired) electrons. The first-order valence-electron chi connectivity index (χ1n) is 6.22. The number of hydrogen-bond donors (Lipinski definition) is 1. The van der Waals surface area contributed by atoms with Gasteiger partial charge in [-0.05, 0) is 26.7 Å². The first-order chi connectivity index (χ1) is 8.36. The van der Waals surface area contributed by atoms with Gasteiger partial charge in [0.1, 0.15) is 6.04 Å². The molecule has 0 bridgehead atoms. The van der Waals surface area contributed by atoms with Gasteiger partial charge in [0.2, 0.25) is 5.91 Å². The van der Waals surface area contributed by atoms with Crippen molar-refractivity contribution in [3.63, 3.8) is 0 Å². The van der Waals surface area contributed by atoms with Gasteiger partial charge in [0, 0.05) is 12.5 Å². The molecule has 2 rings (SSSR count). The van der Waals surface area contributed by atoms with E-state index in [1.165, 1.54) is 6.92 Å². The van der Waals surface area contributed by atoms with Crippen LogP contribution in [0.15, 0.2) is 0 Å². The van der Waals surface area contributed by atoms with E-state index in [4.69, 9.17) is 5.26 Å². The molecule has 1 N–H and O–H groups in total. The standard InChI is InChI=1S/C12H17F2N3O/c1-7-3-4-10(16-7)11(18)17-8(2)12(13,14)5-9(17)6-15/h7-10,16H,3-5H2,1-2H3/t7-,8-,9-,10?/m0/s1. The highest BCUT2D eigenvalue weighted by Crippen LogP contribution is 2.38. The molecular weight excluding hydrogens is 240 g/mol. The summed E-state index contributed by atoms with van der Waals surface area (Å²) in [5.41, 5.74) is 0. The van der Waals surface area contributed by atoms with Gasteiger partial charge < -0.3 is 10.2 Å². The molecule has 2 aliphatic heterocycles. The predicted molar refractivity (Wildman–Crippen MR) is 60.9 cm³/mol. The molecule has 1 amide bonds. The van der Waals surface area contributed by atoms with Crippen molar-refractivity contribution in [2.45, 2.75) is 63.2 Å². The topological polar surface area (TPSA) is 56.1 Å². The van der Waals surface area contributed by atoms with E-state index in [1.54, 1.807) is 0 Å². The van der Waals surface area contributed by atoms with Crippen LogP contribution in [0.3, 0.4) is 0 Å². The van der Waals surface area contributed by atoms with Crippen molar-refractivity contribution in [1.29, 1.82) is 5.26 Å². The maximum absolute atomic E-state index is 13.6. The third kappa shape index (κ3) is 2.07. The van der Waals surface area contributed by atoms with Gasteiger partial charge in [0.05, 0.1) is 18.2 Å². The Bertz CT molecular complexity index is 393. The lowest BCUT2D eigenvalue weighted by atomic mass is 10.1. The molecule has 2 fully saturated rings. The predicted octanol–water partition coefficient (Wildman–Crippen LogP) is 1.28. The van der Waals surface area contributed by atoms with E-state index in [0.717, 1.165) is 11.3 Å². The molecule has 0 saturated carbocycles. The summed E-state index contributed by atoms with van der Waals surface area (Å²) in [6.45, 7) is 3.27. The maximum Gasteiger partial charge on any atom is 0.270 e. The van der Waals surface area contributed by atoms with E-state index < -0.39 is 30.5 Å². The number of likely N-dealkylation sites (tertiary alicyclic amines) is 1. The van der Waals surface area contributed by atoms with Crippen LogP contribution in [0.2, 0.25) is 0 Å². The number of hydrogen-bond acceptors (Lipinski definition) is 3. The fourth-order valence-electron chi connectivity index (χ4n) is 2.75. The lowest BCUT2D eigenvalue weighted by Gasteiger charge is -2.28. The minimum atomic E-state index is -2.97. The van der Waals surface area contributed by atoms with Crippen LogP contribution in [0, 0.1) is 11.3 Å². The molecule has 18 heavy (non-hydrogen) atoms. The summed E-state index contributed by atoms with van der Waals surface area (Å²) in [6, 6.07) is -0.606. The zero-order valence-electron chi connectivity index (χ0n) is 10.5. The van der Waals surface area contributed by atoms with E-state index in [2.05, 4.69) is 5.32 Å². The van der Waals surface area contributed by atoms with Gasteiger partial charge in [-0.15, -0.1) is 0 Å². The number of amides is 1. The van der Waals surface area contributed by atoms with E-state index >= 15 is 0 Å². The average Bonchev–Trinajstić information content (AvgIpc) is 2.82. The highest BCUT2D eigenvalue weighted by molar-refractivity contribution is 5.83. The molecule has 100 valence electrons. The van der Waals surface area contributed by atoms with Gasteiger partial charge in [-0.1, -0.05) is 0 Å². The van der Waals surface area contributed by atoms with Crippen molar-refractivity contribution < 1.29 is 13.6 Å². The normalized spacial score (nSPS) is 38.7. The molecule has 2 aliphatic rings. The lowest BCUT2D eigenvalue weighted by Crippen LogP contribution is -2.50. The molecule has 4 atom stereocenters. The summed E-state index contributed by atoms with van der Waals surface area (Å²) in [5.74, 6) is -3.34. The van der Waals surface area contributed by atoms with E-state index in [1.807, 2.05) is 13.0 Å². The third-order valence-corrected chi connectivity index (χ3v) is 3.91. The van der Waals surface area contributed by atoms with Crippen LogP contribution in [0.25, 0.3) is 0 Å². The molecule has 0 aromatic heterocycles. The van der Waals surface area contributed by atoms with Gasteiger partial charge in [-0.3, -0.25) is 4.79 Å². The minimum Gasteiger partial charge on any atom is -0.316 e. The third-order valence-electron chi connectivity index (χ3n) is 3.91. The number of carbonyl (C=O) groups is 1. The molecule has 0 aliphatic carbocycles. The fraction of sp³-hybridized carbons (Fsp3) is 0.833. The SMILES string of the molecule is C[C@@H]1N(C(=O)C2CC[C@H](C)N2)[C@H](C#N)CC1(F)F. The van der Waals surface area contributed by atoms with E-state index in [-0.39, 0.29) is 11.9 Å². The zero-order valence-corrected chi connectivity index (χ0v) is 10.5. The van der Waals surface area contributed by atoms with Gasteiger partial charge in [-0.25, -0.2) is 8.78 Å². The van der Waals surface area contributed by atoms with Gasteiger partial charge in [0.25, 0.3) is 5.92 Å². The van der Waals surface area contributed by atoms with Crippen molar-refractivity contribution in [2.24, 2.45) is 0 Å². The van der Waals surface area contributed by atoms with Crippen LogP contribution in [-0.2, 0) is 4.79 Å². The highest BCUT2D eigenvalue weighted by Gasteiger charge is 2.54. The molecule has 0 aromatic rings. The maximum atomic E-state index is 13.6. The summed E-state index contributed by atoms with van der Waals surface area (Å²) < 4.78 is 27.2. The highest BCUT2D eigenvalue weighted by atomic mass is 19.3. The first-order valence-corrected chi connectivity index (χ1v) is 6.22. The molecule has 0 aromatic carbocycles. The Labute approximate surface area is 105 Å². The molecular formula is C12H17F2N3O. The lowest BCUT2D eigenvalue weighted by molar-refractivity contribution is -0.138. The van der Waals surface area contributed by atoms with Crippen LogP contribution in [0.4, 0.5) is 8.78 Å². The van der Waals surface area contributed by atoms with Crippen molar-refractivity contribution >= 4 is 5.91 Å². The van der Waals surface area contributed by atoms with E-state index in [9.17, 15) is 13.6 Å². The van der Waals surface area contributed by atoms with Crippen molar-refractivity contribution in [2.75, 3.05) is 0 Å². The summed E-state index contributed by atoms with van der Waals surface area (Å²) >= 11 is 0. The Balaban J connectivity index is 2.16. The Morgan fingerprint density at radius 1 is 1.44 bits per heavy atom. The Morgan fingerprint density at radius 3 is 2.61 bits per heavy atom. The average molecular weight is 257 g/mol. The second kappa shape index (κ2) is 4.47. The number of rotatable bonds is 1. The van der Waals surface area contributed by atoms with Crippen LogP contribution in [-0.4, -0.2) is 40.9 Å². The number of nitriles is 1. The van der Waals surface area contributed by atoms with Gasteiger partial charge >= 0.3 is 0 Å². The number of halogens is 2. The Hall–Kier alpha value is -1.22. The number of alkyl halides is 2. The van der Waals surface area contributed by atoms with E-state index in [0.29, 0.717) is 6.42 Å². The number of carbonyl (C=O) groups excluding carboxylic acids is 1. The Kier molecular flexibility index (Phi) is 3.28. The molecule has 1 unspecified atom stereocenters. The Morgan fingerprint density at radius 2 is 2.11 bits per heavy atom. The monoisotopic (exact) mass is 257 g/mol. The quantitative estimate of drug-likeness (QED) is 0.769. The molecule has 4 nitrogen and oxygen atoms in total. The summed E-state index contributed by atoms with van der Waals surface area (Å²) in [7, 11) is 0. The van der Waals surface area contributed by atoms with Crippen LogP contribution < -0.4 is 5.32 Å². The summed E-state index contributed by atoms with van der Waals surface area (Å²) in [6.07, 6.45) is 0.942. The minimum absolute atomic E-state index is 0.220. The second-order valence-corrected chi connectivity index (χ2v) is 5.23. The zero-order chi connectivity index (χ0) is 13.5.